The van der Waals surface area contributed by atoms with Gasteiger partial charge in [0.05, 0.1) is 11.5 Å². The van der Waals surface area contributed by atoms with Crippen LogP contribution in [0, 0.1) is 5.82 Å². The van der Waals surface area contributed by atoms with E-state index in [9.17, 15) is 9.18 Å². The summed E-state index contributed by atoms with van der Waals surface area (Å²) in [5.41, 5.74) is 0.845. The topological polar surface area (TPSA) is 39.4 Å². The Morgan fingerprint density at radius 3 is 2.57 bits per heavy atom. The zero-order chi connectivity index (χ0) is 14.8. The van der Waals surface area contributed by atoms with Gasteiger partial charge in [-0.25, -0.2) is 4.39 Å². The van der Waals surface area contributed by atoms with Gasteiger partial charge >= 0.3 is 0 Å². The van der Waals surface area contributed by atoms with Crippen molar-refractivity contribution in [2.75, 3.05) is 0 Å². The smallest absolute Gasteiger partial charge is 0.294 e. The molecule has 0 N–H and O–H groups in total. The maximum Gasteiger partial charge on any atom is 0.294 e. The van der Waals surface area contributed by atoms with Crippen molar-refractivity contribution in [3.63, 3.8) is 0 Å². The third-order valence-corrected chi connectivity index (χ3v) is 3.00. The van der Waals surface area contributed by atoms with Crippen molar-refractivity contribution in [3.05, 3.63) is 82.8 Å². The second kappa shape index (κ2) is 5.25. The van der Waals surface area contributed by atoms with Gasteiger partial charge in [-0.05, 0) is 36.4 Å². The molecule has 0 saturated carbocycles. The molecule has 4 heteroatoms. The van der Waals surface area contributed by atoms with E-state index in [1.807, 2.05) is 0 Å². The first kappa shape index (κ1) is 13.1. The number of hydrogen-bond donors (Lipinski definition) is 0. The predicted molar refractivity (Wildman–Crippen MR) is 78.5 cm³/mol. The van der Waals surface area contributed by atoms with E-state index >= 15 is 0 Å². The van der Waals surface area contributed by atoms with Crippen LogP contribution in [0.2, 0.25) is 0 Å². The maximum absolute atomic E-state index is 12.9. The molecule has 0 amide bonds. The van der Waals surface area contributed by atoms with Crippen LogP contribution in [0.15, 0.2) is 70.4 Å². The van der Waals surface area contributed by atoms with E-state index in [-0.39, 0.29) is 23.0 Å². The average molecular weight is 282 g/mol. The molecule has 3 aromatic rings. The van der Waals surface area contributed by atoms with Crippen LogP contribution in [0.5, 0.6) is 5.95 Å². The Morgan fingerprint density at radius 2 is 1.81 bits per heavy atom. The highest BCUT2D eigenvalue weighted by Gasteiger charge is 2.08. The van der Waals surface area contributed by atoms with E-state index < -0.39 is 0 Å². The second-order valence-corrected chi connectivity index (χ2v) is 4.46. The summed E-state index contributed by atoms with van der Waals surface area (Å²) in [6, 6.07) is 13.8. The normalized spacial score (nSPS) is 10.5. The highest BCUT2D eigenvalue weighted by Crippen LogP contribution is 2.22. The number of hydrogen-bond acceptors (Lipinski definition) is 3. The third kappa shape index (κ3) is 2.69. The van der Waals surface area contributed by atoms with Gasteiger partial charge in [-0.15, -0.1) is 0 Å². The molecule has 1 aromatic heterocycles. The van der Waals surface area contributed by atoms with E-state index in [4.69, 9.17) is 9.15 Å². The summed E-state index contributed by atoms with van der Waals surface area (Å²) in [5.74, 6) is -0.0229. The predicted octanol–water partition coefficient (Wildman–Crippen LogP) is 3.98. The van der Waals surface area contributed by atoms with Gasteiger partial charge in [-0.2, -0.15) is 0 Å². The number of ether oxygens (including phenoxy) is 1. The molecule has 1 heterocycles. The Balaban J connectivity index is 1.93. The lowest BCUT2D eigenvalue weighted by molar-refractivity contribution is 0.373. The van der Waals surface area contributed by atoms with Gasteiger partial charge in [0.2, 0.25) is 0 Å². The Bertz CT molecular complexity index is 863. The van der Waals surface area contributed by atoms with Crippen molar-refractivity contribution < 1.29 is 13.5 Å². The Kier molecular flexibility index (Phi) is 3.28. The molecular weight excluding hydrogens is 271 g/mol. The molecule has 0 atom stereocenters. The van der Waals surface area contributed by atoms with Gasteiger partial charge in [-0.3, -0.25) is 4.79 Å². The molecule has 0 aliphatic heterocycles. The summed E-state index contributed by atoms with van der Waals surface area (Å²) >= 11 is 0. The van der Waals surface area contributed by atoms with E-state index in [0.717, 1.165) is 0 Å². The summed E-state index contributed by atoms with van der Waals surface area (Å²) in [6.07, 6.45) is 0. The summed E-state index contributed by atoms with van der Waals surface area (Å²) in [7, 11) is 0. The van der Waals surface area contributed by atoms with Crippen LogP contribution < -0.4 is 10.2 Å². The van der Waals surface area contributed by atoms with Crippen LogP contribution in [-0.4, -0.2) is 0 Å². The van der Waals surface area contributed by atoms with Gasteiger partial charge in [0.15, 0.2) is 5.43 Å². The average Bonchev–Trinajstić information content (AvgIpc) is 2.48. The molecule has 21 heavy (non-hydrogen) atoms. The second-order valence-electron chi connectivity index (χ2n) is 4.46. The summed E-state index contributed by atoms with van der Waals surface area (Å²) in [5, 5.41) is 0.484. The third-order valence-electron chi connectivity index (χ3n) is 3.00. The molecular formula is C17H11FO3. The zero-order valence-corrected chi connectivity index (χ0v) is 11.0. The standard InChI is InChI=1S/C17H11FO3/c1-11(12-6-8-13(18)9-7-12)20-17-10-15(19)14-4-2-3-5-16(14)21-17/h2-10H,1H2. The zero-order valence-electron chi connectivity index (χ0n) is 11.0. The molecule has 0 radical (unpaired) electrons. The van der Waals surface area contributed by atoms with E-state index in [2.05, 4.69) is 6.58 Å². The van der Waals surface area contributed by atoms with Crippen LogP contribution in [0.4, 0.5) is 4.39 Å². The van der Waals surface area contributed by atoms with Gasteiger partial charge in [-0.1, -0.05) is 18.7 Å². The van der Waals surface area contributed by atoms with Gasteiger partial charge in [0, 0.05) is 5.56 Å². The van der Waals surface area contributed by atoms with Crippen molar-refractivity contribution in [3.8, 4) is 5.95 Å². The van der Waals surface area contributed by atoms with Crippen molar-refractivity contribution in [2.45, 2.75) is 0 Å². The lowest BCUT2D eigenvalue weighted by Crippen LogP contribution is -2.02. The summed E-state index contributed by atoms with van der Waals surface area (Å²) in [6.45, 7) is 3.75. The first-order chi connectivity index (χ1) is 10.1. The fourth-order valence-corrected chi connectivity index (χ4v) is 1.95. The van der Waals surface area contributed by atoms with Crippen molar-refractivity contribution in [1.82, 2.24) is 0 Å². The molecule has 0 fully saturated rings. The van der Waals surface area contributed by atoms with Crippen molar-refractivity contribution in [1.29, 1.82) is 0 Å². The molecule has 0 unspecified atom stereocenters. The minimum absolute atomic E-state index is 0.0491. The van der Waals surface area contributed by atoms with Crippen molar-refractivity contribution in [2.24, 2.45) is 0 Å². The Labute approximate surface area is 119 Å². The molecule has 0 aliphatic carbocycles. The number of para-hydroxylation sites is 1. The van der Waals surface area contributed by atoms with Crippen LogP contribution >= 0.6 is 0 Å². The molecule has 0 saturated heterocycles. The van der Waals surface area contributed by atoms with Crippen LogP contribution in [0.3, 0.4) is 0 Å². The molecule has 0 aliphatic rings. The monoisotopic (exact) mass is 282 g/mol. The number of fused-ring (bicyclic) bond motifs is 1. The molecule has 3 nitrogen and oxygen atoms in total. The lowest BCUT2D eigenvalue weighted by Gasteiger charge is -2.08. The minimum atomic E-state index is -0.344. The fraction of sp³-hybridized carbons (Fsp3) is 0. The number of rotatable bonds is 3. The van der Waals surface area contributed by atoms with Crippen molar-refractivity contribution >= 4 is 16.7 Å². The van der Waals surface area contributed by atoms with Crippen LogP contribution in [-0.2, 0) is 0 Å². The van der Waals surface area contributed by atoms with E-state index in [1.165, 1.54) is 30.3 Å². The van der Waals surface area contributed by atoms with Gasteiger partial charge in [0.25, 0.3) is 5.95 Å². The van der Waals surface area contributed by atoms with Crippen LogP contribution in [0.1, 0.15) is 5.56 Å². The van der Waals surface area contributed by atoms with E-state index in [0.29, 0.717) is 16.5 Å². The molecule has 104 valence electrons. The first-order valence-corrected chi connectivity index (χ1v) is 6.29. The number of benzene rings is 2. The fourth-order valence-electron chi connectivity index (χ4n) is 1.95. The van der Waals surface area contributed by atoms with Gasteiger partial charge < -0.3 is 9.15 Å². The summed E-state index contributed by atoms with van der Waals surface area (Å²) < 4.78 is 23.8. The molecule has 3 rings (SSSR count). The highest BCUT2D eigenvalue weighted by molar-refractivity contribution is 5.76. The molecule has 0 spiro atoms. The minimum Gasteiger partial charge on any atom is -0.426 e. The largest absolute Gasteiger partial charge is 0.426 e. The van der Waals surface area contributed by atoms with E-state index in [1.54, 1.807) is 24.3 Å². The highest BCUT2D eigenvalue weighted by atomic mass is 19.1. The molecule has 0 bridgehead atoms. The number of halogens is 1. The lowest BCUT2D eigenvalue weighted by atomic mass is 10.2. The Hall–Kier alpha value is -2.88. The summed E-state index contributed by atoms with van der Waals surface area (Å²) in [4.78, 5) is 11.9. The first-order valence-electron chi connectivity index (χ1n) is 6.29. The quantitative estimate of drug-likeness (QED) is 0.682. The van der Waals surface area contributed by atoms with Crippen LogP contribution in [0.25, 0.3) is 16.7 Å². The Morgan fingerprint density at radius 1 is 1.10 bits per heavy atom. The maximum atomic E-state index is 12.9. The SMILES string of the molecule is C=C(Oc1cc(=O)c2ccccc2o1)c1ccc(F)cc1. The van der Waals surface area contributed by atoms with Gasteiger partial charge in [0.1, 0.15) is 17.2 Å². The molecule has 2 aromatic carbocycles.